The van der Waals surface area contributed by atoms with Gasteiger partial charge in [-0.25, -0.2) is 4.68 Å². The van der Waals surface area contributed by atoms with Crippen LogP contribution < -0.4 is 5.32 Å². The molecule has 2 aromatic rings. The Hall–Kier alpha value is -2.31. The summed E-state index contributed by atoms with van der Waals surface area (Å²) in [6.45, 7) is 0. The van der Waals surface area contributed by atoms with Crippen LogP contribution in [0.15, 0.2) is 36.5 Å². The van der Waals surface area contributed by atoms with Crippen LogP contribution in [0.1, 0.15) is 54.6 Å². The summed E-state index contributed by atoms with van der Waals surface area (Å²) in [6, 6.07) is 8.10. The Labute approximate surface area is 161 Å². The van der Waals surface area contributed by atoms with Crippen molar-refractivity contribution >= 4 is 5.91 Å². The van der Waals surface area contributed by atoms with Gasteiger partial charge in [-0.05, 0) is 68.4 Å². The number of para-hydroxylation sites is 1. The Bertz CT molecular complexity index is 868. The van der Waals surface area contributed by atoms with E-state index < -0.39 is 23.3 Å². The largest absolute Gasteiger partial charge is 0.434 e. The van der Waals surface area contributed by atoms with Gasteiger partial charge in [0, 0.05) is 5.54 Å². The van der Waals surface area contributed by atoms with Crippen LogP contribution in [0.25, 0.3) is 5.69 Å². The van der Waals surface area contributed by atoms with Crippen LogP contribution in [0.4, 0.5) is 13.2 Å². The molecule has 0 saturated heterocycles. The van der Waals surface area contributed by atoms with Crippen molar-refractivity contribution in [3.8, 4) is 5.69 Å². The molecular weight excluding hydrogens is 367 g/mol. The molecule has 28 heavy (non-hydrogen) atoms. The summed E-state index contributed by atoms with van der Waals surface area (Å²) < 4.78 is 42.4. The summed E-state index contributed by atoms with van der Waals surface area (Å²) in [5.41, 5.74) is -1.47. The van der Waals surface area contributed by atoms with Gasteiger partial charge < -0.3 is 5.32 Å². The van der Waals surface area contributed by atoms with Crippen LogP contribution in [0.5, 0.6) is 0 Å². The fourth-order valence-electron chi connectivity index (χ4n) is 6.12. The number of aromatic nitrogens is 2. The number of rotatable bonds is 3. The summed E-state index contributed by atoms with van der Waals surface area (Å²) in [7, 11) is 0. The van der Waals surface area contributed by atoms with Crippen molar-refractivity contribution in [3.05, 3.63) is 47.8 Å². The van der Waals surface area contributed by atoms with Crippen molar-refractivity contribution in [2.75, 3.05) is 0 Å². The van der Waals surface area contributed by atoms with E-state index in [1.807, 2.05) is 0 Å². The van der Waals surface area contributed by atoms with Crippen molar-refractivity contribution in [1.29, 1.82) is 0 Å². The predicted octanol–water partition coefficient (Wildman–Crippen LogP) is 4.59. The molecule has 4 fully saturated rings. The highest BCUT2D eigenvalue weighted by molar-refractivity contribution is 5.96. The Morgan fingerprint density at radius 1 is 1.04 bits per heavy atom. The second-order valence-electron chi connectivity index (χ2n) is 8.80. The lowest BCUT2D eigenvalue weighted by Crippen LogP contribution is -2.59. The summed E-state index contributed by atoms with van der Waals surface area (Å²) >= 11 is 0. The zero-order valence-electron chi connectivity index (χ0n) is 15.4. The maximum absolute atomic E-state index is 13.8. The van der Waals surface area contributed by atoms with Gasteiger partial charge in [0.05, 0.1) is 17.4 Å². The van der Waals surface area contributed by atoms with Gasteiger partial charge in [-0.3, -0.25) is 4.79 Å². The number of nitrogens with zero attached hydrogens (tertiary/aromatic N) is 2. The first-order valence-electron chi connectivity index (χ1n) is 9.86. The minimum Gasteiger partial charge on any atom is -0.346 e. The zero-order valence-corrected chi connectivity index (χ0v) is 15.4. The first-order chi connectivity index (χ1) is 13.3. The van der Waals surface area contributed by atoms with Gasteiger partial charge in [0.25, 0.3) is 5.91 Å². The monoisotopic (exact) mass is 389 g/mol. The van der Waals surface area contributed by atoms with Crippen molar-refractivity contribution in [3.63, 3.8) is 0 Å². The summed E-state index contributed by atoms with van der Waals surface area (Å²) in [4.78, 5) is 13.0. The highest BCUT2D eigenvalue weighted by Gasteiger charge is 2.52. The van der Waals surface area contributed by atoms with Crippen LogP contribution in [0.2, 0.25) is 0 Å². The molecule has 4 bridgehead atoms. The normalized spacial score (nSPS) is 31.2. The van der Waals surface area contributed by atoms with Gasteiger partial charge in [-0.1, -0.05) is 18.2 Å². The first kappa shape index (κ1) is 17.8. The Morgan fingerprint density at radius 2 is 1.61 bits per heavy atom. The van der Waals surface area contributed by atoms with E-state index in [-0.39, 0.29) is 11.2 Å². The van der Waals surface area contributed by atoms with Crippen LogP contribution in [0, 0.1) is 17.8 Å². The molecule has 4 aliphatic carbocycles. The van der Waals surface area contributed by atoms with Gasteiger partial charge in [0.2, 0.25) is 0 Å². The molecule has 6 rings (SSSR count). The SMILES string of the molecule is O=C(NC12CC3CC(CC(C3)C1)C2)c1cnn(-c2ccccc2)c1C(F)(F)F. The number of carbonyl (C=O) groups excluding carboxylic acids is 1. The third-order valence-electron chi connectivity index (χ3n) is 6.70. The molecule has 1 N–H and O–H groups in total. The smallest absolute Gasteiger partial charge is 0.346 e. The third kappa shape index (κ3) is 2.91. The van der Waals surface area contributed by atoms with Crippen LogP contribution in [0.3, 0.4) is 0 Å². The number of nitrogens with one attached hydrogen (secondary N) is 1. The number of alkyl halides is 3. The highest BCUT2D eigenvalue weighted by atomic mass is 19.4. The van der Waals surface area contributed by atoms with Gasteiger partial charge >= 0.3 is 6.18 Å². The topological polar surface area (TPSA) is 46.9 Å². The minimum absolute atomic E-state index is 0.281. The van der Waals surface area contributed by atoms with Gasteiger partial charge in [0.15, 0.2) is 5.69 Å². The van der Waals surface area contributed by atoms with E-state index in [4.69, 9.17) is 0 Å². The molecule has 1 heterocycles. The fourth-order valence-corrected chi connectivity index (χ4v) is 6.12. The Balaban J connectivity index is 1.48. The fraction of sp³-hybridized carbons (Fsp3) is 0.524. The van der Waals surface area contributed by atoms with E-state index in [0.717, 1.165) is 30.1 Å². The van der Waals surface area contributed by atoms with Crippen LogP contribution in [-0.2, 0) is 6.18 Å². The summed E-state index contributed by atoms with van der Waals surface area (Å²) in [5, 5.41) is 6.93. The van der Waals surface area contributed by atoms with Gasteiger partial charge in [-0.2, -0.15) is 18.3 Å². The zero-order chi connectivity index (χ0) is 19.5. The third-order valence-corrected chi connectivity index (χ3v) is 6.70. The van der Waals surface area contributed by atoms with Crippen molar-refractivity contribution < 1.29 is 18.0 Å². The highest BCUT2D eigenvalue weighted by Crippen LogP contribution is 2.55. The number of hydrogen-bond donors (Lipinski definition) is 1. The van der Waals surface area contributed by atoms with E-state index in [9.17, 15) is 18.0 Å². The van der Waals surface area contributed by atoms with Crippen LogP contribution >= 0.6 is 0 Å². The van der Waals surface area contributed by atoms with E-state index in [1.165, 1.54) is 19.3 Å². The van der Waals surface area contributed by atoms with Crippen LogP contribution in [-0.4, -0.2) is 21.2 Å². The van der Waals surface area contributed by atoms with E-state index in [0.29, 0.717) is 17.8 Å². The Morgan fingerprint density at radius 3 is 2.14 bits per heavy atom. The van der Waals surface area contributed by atoms with Gasteiger partial charge in [0.1, 0.15) is 0 Å². The van der Waals surface area contributed by atoms with Crippen molar-refractivity contribution in [2.24, 2.45) is 17.8 Å². The Kier molecular flexibility index (Phi) is 3.87. The molecular formula is C21H22F3N3O. The molecule has 1 aromatic heterocycles. The number of halogens is 3. The maximum atomic E-state index is 13.8. The molecule has 1 aromatic carbocycles. The van der Waals surface area contributed by atoms with Crippen molar-refractivity contribution in [1.82, 2.24) is 15.1 Å². The second kappa shape index (κ2) is 6.09. The number of hydrogen-bond acceptors (Lipinski definition) is 2. The standard InChI is InChI=1S/C21H22F3N3O/c22-21(23,24)18-17(12-25-27(18)16-4-2-1-3-5-16)19(28)26-20-9-13-6-14(10-20)8-15(7-13)11-20/h1-5,12-15H,6-11H2,(H,26,28). The lowest BCUT2D eigenvalue weighted by atomic mass is 9.53. The molecule has 4 saturated carbocycles. The van der Waals surface area contributed by atoms with E-state index in [2.05, 4.69) is 10.4 Å². The molecule has 0 unspecified atom stereocenters. The molecule has 148 valence electrons. The molecule has 4 nitrogen and oxygen atoms in total. The van der Waals surface area contributed by atoms with Gasteiger partial charge in [-0.15, -0.1) is 0 Å². The average molecular weight is 389 g/mol. The summed E-state index contributed by atoms with van der Waals surface area (Å²) in [5.74, 6) is 1.14. The quantitative estimate of drug-likeness (QED) is 0.835. The molecule has 7 heteroatoms. The molecule has 1 amide bonds. The second-order valence-corrected chi connectivity index (χ2v) is 8.80. The molecule has 4 aliphatic rings. The van der Waals surface area contributed by atoms with E-state index >= 15 is 0 Å². The summed E-state index contributed by atoms with van der Waals surface area (Å²) in [6.07, 6.45) is 2.64. The number of carbonyl (C=O) groups is 1. The number of benzene rings is 1. The lowest BCUT2D eigenvalue weighted by molar-refractivity contribution is -0.143. The number of amides is 1. The maximum Gasteiger partial charge on any atom is 0.434 e. The average Bonchev–Trinajstić information content (AvgIpc) is 3.06. The first-order valence-corrected chi connectivity index (χ1v) is 9.86. The lowest BCUT2D eigenvalue weighted by Gasteiger charge is -2.56. The molecule has 0 atom stereocenters. The van der Waals surface area contributed by atoms with E-state index in [1.54, 1.807) is 30.3 Å². The molecule has 0 spiro atoms. The van der Waals surface area contributed by atoms with Crippen molar-refractivity contribution in [2.45, 2.75) is 50.2 Å². The molecule has 0 aliphatic heterocycles. The molecule has 0 radical (unpaired) electrons. The minimum atomic E-state index is -4.68. The predicted molar refractivity (Wildman–Crippen MR) is 96.9 cm³/mol.